The first-order valence-electron chi connectivity index (χ1n) is 10.8. The quantitative estimate of drug-likeness (QED) is 0.210. The third-order valence-electron chi connectivity index (χ3n) is 5.60. The molecule has 0 spiro atoms. The minimum absolute atomic E-state index is 0.0507. The van der Waals surface area contributed by atoms with Gasteiger partial charge >= 0.3 is 0 Å². The molecule has 34 heavy (non-hydrogen) atoms. The molecular weight excluding hydrogens is 454 g/mol. The van der Waals surface area contributed by atoms with Crippen molar-refractivity contribution in [2.45, 2.75) is 19.0 Å². The van der Waals surface area contributed by atoms with Gasteiger partial charge in [-0.25, -0.2) is 4.98 Å². The van der Waals surface area contributed by atoms with Crippen LogP contribution in [0.1, 0.15) is 23.6 Å². The van der Waals surface area contributed by atoms with E-state index in [4.69, 9.17) is 16.3 Å². The Balaban J connectivity index is 1.68. The second-order valence-electron chi connectivity index (χ2n) is 7.82. The van der Waals surface area contributed by atoms with Gasteiger partial charge in [0, 0.05) is 36.1 Å². The predicted octanol–water partition coefficient (Wildman–Crippen LogP) is 4.61. The van der Waals surface area contributed by atoms with Crippen LogP contribution in [0.3, 0.4) is 0 Å². The number of Topliss-reactive ketones (excluding diaryl/α,β-unsaturated/α-hetero) is 1. The molecule has 1 aromatic heterocycles. The average Bonchev–Trinajstić information content (AvgIpc) is 3.45. The number of hydrogen-bond donors (Lipinski definition) is 1. The molecule has 0 aliphatic carbocycles. The van der Waals surface area contributed by atoms with Gasteiger partial charge in [-0.1, -0.05) is 36.4 Å². The van der Waals surface area contributed by atoms with Crippen molar-refractivity contribution in [3.63, 3.8) is 0 Å². The van der Waals surface area contributed by atoms with Crippen molar-refractivity contribution in [2.24, 2.45) is 0 Å². The monoisotopic (exact) mass is 477 g/mol. The molecule has 7 nitrogen and oxygen atoms in total. The molecule has 0 bridgehead atoms. The van der Waals surface area contributed by atoms with E-state index < -0.39 is 17.7 Å². The standard InChI is InChI=1S/C26H24ClN3O4/c1-2-16-34-21-10-6-19(7-11-21)24(31)22-23(18-4-8-20(27)9-5-18)30(26(33)25(22)32)14-3-13-29-15-12-28-17-29/h2,4-12,15,17,23,31H,1,3,13-14,16H2/b24-22-. The number of aryl methyl sites for hydroxylation is 1. The smallest absolute Gasteiger partial charge is 0.295 e. The maximum atomic E-state index is 13.1. The molecule has 4 rings (SSSR count). The third-order valence-corrected chi connectivity index (χ3v) is 5.85. The molecule has 1 aliphatic heterocycles. The summed E-state index contributed by atoms with van der Waals surface area (Å²) in [5.74, 6) is -0.985. The molecular formula is C26H24ClN3O4. The van der Waals surface area contributed by atoms with Gasteiger partial charge in [-0.3, -0.25) is 9.59 Å². The largest absolute Gasteiger partial charge is 0.507 e. The summed E-state index contributed by atoms with van der Waals surface area (Å²) in [6.07, 6.45) is 7.48. The number of aliphatic hydroxyl groups excluding tert-OH is 1. The lowest BCUT2D eigenvalue weighted by Gasteiger charge is -2.25. The summed E-state index contributed by atoms with van der Waals surface area (Å²) >= 11 is 6.06. The van der Waals surface area contributed by atoms with Crippen LogP contribution in [-0.4, -0.2) is 44.4 Å². The van der Waals surface area contributed by atoms with Crippen molar-refractivity contribution in [1.29, 1.82) is 0 Å². The molecule has 2 heterocycles. The first kappa shape index (κ1) is 23.3. The minimum Gasteiger partial charge on any atom is -0.507 e. The highest BCUT2D eigenvalue weighted by atomic mass is 35.5. The number of benzene rings is 2. The SMILES string of the molecule is C=CCOc1ccc(/C(O)=C2/C(=O)C(=O)N(CCCn3ccnc3)C2c2ccc(Cl)cc2)cc1. The van der Waals surface area contributed by atoms with Gasteiger partial charge in [0.2, 0.25) is 0 Å². The van der Waals surface area contributed by atoms with Gasteiger partial charge < -0.3 is 19.3 Å². The molecule has 2 aromatic carbocycles. The van der Waals surface area contributed by atoms with E-state index in [1.54, 1.807) is 67.1 Å². The maximum absolute atomic E-state index is 13.1. The Morgan fingerprint density at radius 2 is 1.85 bits per heavy atom. The van der Waals surface area contributed by atoms with Crippen LogP contribution in [0.5, 0.6) is 5.75 Å². The number of likely N-dealkylation sites (tertiary alicyclic amines) is 1. The fraction of sp³-hybridized carbons (Fsp3) is 0.192. The van der Waals surface area contributed by atoms with Crippen molar-refractivity contribution in [3.8, 4) is 5.75 Å². The van der Waals surface area contributed by atoms with E-state index in [-0.39, 0.29) is 11.3 Å². The number of carbonyl (C=O) groups is 2. The molecule has 1 N–H and O–H groups in total. The zero-order valence-electron chi connectivity index (χ0n) is 18.4. The Labute approximate surface area is 202 Å². The zero-order valence-corrected chi connectivity index (χ0v) is 19.2. The van der Waals surface area contributed by atoms with E-state index in [1.807, 2.05) is 10.8 Å². The lowest BCUT2D eigenvalue weighted by molar-refractivity contribution is -0.139. The Morgan fingerprint density at radius 3 is 2.50 bits per heavy atom. The molecule has 174 valence electrons. The van der Waals surface area contributed by atoms with E-state index in [9.17, 15) is 14.7 Å². The topological polar surface area (TPSA) is 84.7 Å². The summed E-state index contributed by atoms with van der Waals surface area (Å²) < 4.78 is 7.39. The Morgan fingerprint density at radius 1 is 1.12 bits per heavy atom. The highest BCUT2D eigenvalue weighted by molar-refractivity contribution is 6.46. The molecule has 1 amide bonds. The number of halogens is 1. The molecule has 1 saturated heterocycles. The molecule has 1 aliphatic rings. The van der Waals surface area contributed by atoms with Crippen LogP contribution in [0, 0.1) is 0 Å². The maximum Gasteiger partial charge on any atom is 0.295 e. The van der Waals surface area contributed by atoms with Gasteiger partial charge in [-0.15, -0.1) is 0 Å². The van der Waals surface area contributed by atoms with E-state index in [1.165, 1.54) is 4.90 Å². The number of ether oxygens (including phenoxy) is 1. The van der Waals surface area contributed by atoms with Gasteiger partial charge in [0.1, 0.15) is 18.1 Å². The van der Waals surface area contributed by atoms with Crippen LogP contribution in [0.15, 0.2) is 85.5 Å². The first-order valence-corrected chi connectivity index (χ1v) is 11.2. The van der Waals surface area contributed by atoms with Crippen LogP contribution in [0.2, 0.25) is 5.02 Å². The fourth-order valence-corrected chi connectivity index (χ4v) is 4.09. The summed E-state index contributed by atoms with van der Waals surface area (Å²) in [6, 6.07) is 12.9. The van der Waals surface area contributed by atoms with Crippen molar-refractivity contribution in [1.82, 2.24) is 14.5 Å². The molecule has 1 fully saturated rings. The number of nitrogens with zero attached hydrogens (tertiary/aromatic N) is 3. The minimum atomic E-state index is -0.725. The Hall–Kier alpha value is -3.84. The summed E-state index contributed by atoms with van der Waals surface area (Å²) in [6.45, 7) is 4.94. The van der Waals surface area contributed by atoms with Gasteiger partial charge in [-0.2, -0.15) is 0 Å². The van der Waals surface area contributed by atoms with Crippen LogP contribution < -0.4 is 4.74 Å². The molecule has 1 unspecified atom stereocenters. The van der Waals surface area contributed by atoms with Crippen molar-refractivity contribution in [3.05, 3.63) is 102 Å². The predicted molar refractivity (Wildman–Crippen MR) is 129 cm³/mol. The molecule has 8 heteroatoms. The summed E-state index contributed by atoms with van der Waals surface area (Å²) in [4.78, 5) is 31.7. The van der Waals surface area contributed by atoms with Crippen LogP contribution >= 0.6 is 11.6 Å². The Bertz CT molecular complexity index is 1200. The van der Waals surface area contributed by atoms with Gasteiger partial charge in [-0.05, 0) is 48.4 Å². The summed E-state index contributed by atoms with van der Waals surface area (Å²) in [7, 11) is 0. The number of aromatic nitrogens is 2. The normalized spacial score (nSPS) is 17.2. The molecule has 1 atom stereocenters. The third kappa shape index (κ3) is 4.89. The summed E-state index contributed by atoms with van der Waals surface area (Å²) in [5.41, 5.74) is 1.16. The van der Waals surface area contributed by atoms with Crippen molar-refractivity contribution in [2.75, 3.05) is 13.2 Å². The number of rotatable bonds is 9. The van der Waals surface area contributed by atoms with Gasteiger partial charge in [0.05, 0.1) is 17.9 Å². The second-order valence-corrected chi connectivity index (χ2v) is 8.26. The summed E-state index contributed by atoms with van der Waals surface area (Å²) in [5, 5.41) is 11.7. The molecule has 0 radical (unpaired) electrons. The van der Waals surface area contributed by atoms with E-state index in [0.717, 1.165) is 0 Å². The van der Waals surface area contributed by atoms with Gasteiger partial charge in [0.15, 0.2) is 0 Å². The van der Waals surface area contributed by atoms with E-state index in [2.05, 4.69) is 11.6 Å². The first-order chi connectivity index (χ1) is 16.5. The molecule has 0 saturated carbocycles. The molecule has 3 aromatic rings. The van der Waals surface area contributed by atoms with Gasteiger partial charge in [0.25, 0.3) is 11.7 Å². The lowest BCUT2D eigenvalue weighted by Crippen LogP contribution is -2.31. The van der Waals surface area contributed by atoms with Crippen LogP contribution in [0.25, 0.3) is 5.76 Å². The highest BCUT2D eigenvalue weighted by Crippen LogP contribution is 2.40. The number of carbonyl (C=O) groups excluding carboxylic acids is 2. The zero-order chi connectivity index (χ0) is 24.1. The number of imidazole rings is 1. The number of hydrogen-bond acceptors (Lipinski definition) is 5. The van der Waals surface area contributed by atoms with E-state index in [0.29, 0.717) is 48.0 Å². The van der Waals surface area contributed by atoms with Crippen LogP contribution in [0.4, 0.5) is 0 Å². The van der Waals surface area contributed by atoms with Crippen molar-refractivity contribution < 1.29 is 19.4 Å². The second kappa shape index (κ2) is 10.4. The van der Waals surface area contributed by atoms with Crippen LogP contribution in [-0.2, 0) is 16.1 Å². The number of ketones is 1. The number of amides is 1. The average molecular weight is 478 g/mol. The lowest BCUT2D eigenvalue weighted by atomic mass is 9.95. The fourth-order valence-electron chi connectivity index (χ4n) is 3.96. The van der Waals surface area contributed by atoms with E-state index >= 15 is 0 Å². The highest BCUT2D eigenvalue weighted by Gasteiger charge is 2.45. The number of aliphatic hydroxyl groups is 1. The van der Waals surface area contributed by atoms with Crippen molar-refractivity contribution >= 4 is 29.1 Å². The Kier molecular flexibility index (Phi) is 7.13.